The third kappa shape index (κ3) is 4.72. The summed E-state index contributed by atoms with van der Waals surface area (Å²) in [6, 6.07) is 13.1. The Morgan fingerprint density at radius 2 is 1.31 bits per heavy atom. The van der Waals surface area contributed by atoms with Gasteiger partial charge in [-0.1, -0.05) is 58.5 Å². The van der Waals surface area contributed by atoms with Crippen LogP contribution < -0.4 is 5.32 Å². The molecule has 2 N–H and O–H groups in total. The highest BCUT2D eigenvalue weighted by atomic mass is 35.5. The van der Waals surface area contributed by atoms with Crippen LogP contribution in [0.4, 0.5) is 5.69 Å². The molecule has 0 fully saturated rings. The van der Waals surface area contributed by atoms with E-state index in [0.29, 0.717) is 16.8 Å². The zero-order valence-electron chi connectivity index (χ0n) is 17.3. The van der Waals surface area contributed by atoms with Crippen molar-refractivity contribution in [3.63, 3.8) is 0 Å². The molecule has 0 aliphatic carbocycles. The monoisotopic (exact) mass is 568 g/mol. The van der Waals surface area contributed by atoms with E-state index in [9.17, 15) is 24.3 Å². The smallest absolute Gasteiger partial charge is 0.338 e. The molecule has 3 aromatic rings. The molecular formula is C23H12Cl4N2O5S. The van der Waals surface area contributed by atoms with Gasteiger partial charge in [0.15, 0.2) is 0 Å². The number of nitrogens with zero attached hydrogens (tertiary/aromatic N) is 1. The third-order valence-corrected chi connectivity index (χ3v) is 7.85. The average Bonchev–Trinajstić information content (AvgIpc) is 3.08. The molecule has 0 saturated heterocycles. The van der Waals surface area contributed by atoms with Gasteiger partial charge in [-0.3, -0.25) is 19.3 Å². The number of amides is 3. The number of fused-ring (bicyclic) bond motifs is 1. The maximum Gasteiger partial charge on any atom is 0.338 e. The first kappa shape index (κ1) is 25.3. The van der Waals surface area contributed by atoms with E-state index in [1.54, 1.807) is 48.5 Å². The van der Waals surface area contributed by atoms with E-state index in [-0.39, 0.29) is 32.8 Å². The van der Waals surface area contributed by atoms with Crippen LogP contribution in [-0.4, -0.2) is 39.6 Å². The van der Waals surface area contributed by atoms with Crippen LogP contribution in [0, 0.1) is 0 Å². The molecule has 0 radical (unpaired) electrons. The van der Waals surface area contributed by atoms with Crippen LogP contribution in [0.5, 0.6) is 0 Å². The van der Waals surface area contributed by atoms with Gasteiger partial charge in [-0.2, -0.15) is 0 Å². The molecule has 12 heteroatoms. The minimum absolute atomic E-state index is 0.109. The van der Waals surface area contributed by atoms with Gasteiger partial charge >= 0.3 is 5.97 Å². The van der Waals surface area contributed by atoms with Gasteiger partial charge in [-0.25, -0.2) is 4.79 Å². The molecule has 35 heavy (non-hydrogen) atoms. The SMILES string of the molecule is O=C(O)c1c(Cl)c(Cl)c(Cl)c(Cl)c1C(=O)Nc1ccc(SCN2C(=O)c3ccccc3C2=O)cc1. The molecule has 178 valence electrons. The number of hydrogen-bond acceptors (Lipinski definition) is 5. The lowest BCUT2D eigenvalue weighted by molar-refractivity contribution is 0.0675. The number of hydrogen-bond donors (Lipinski definition) is 2. The number of carbonyl (C=O) groups is 4. The summed E-state index contributed by atoms with van der Waals surface area (Å²) in [4.78, 5) is 51.3. The molecule has 0 saturated carbocycles. The van der Waals surface area contributed by atoms with Gasteiger partial charge in [0, 0.05) is 10.6 Å². The van der Waals surface area contributed by atoms with E-state index in [2.05, 4.69) is 5.32 Å². The number of rotatable bonds is 6. The van der Waals surface area contributed by atoms with Crippen molar-refractivity contribution >= 4 is 87.5 Å². The molecule has 7 nitrogen and oxygen atoms in total. The van der Waals surface area contributed by atoms with E-state index in [1.807, 2.05) is 0 Å². The first-order valence-electron chi connectivity index (χ1n) is 9.70. The number of imide groups is 1. The first-order chi connectivity index (χ1) is 16.6. The predicted octanol–water partition coefficient (Wildman–Crippen LogP) is 6.60. The fraction of sp³-hybridized carbons (Fsp3) is 0.0435. The highest BCUT2D eigenvalue weighted by Gasteiger charge is 2.35. The van der Waals surface area contributed by atoms with E-state index in [0.717, 1.165) is 9.80 Å². The van der Waals surface area contributed by atoms with Crippen molar-refractivity contribution in [2.24, 2.45) is 0 Å². The van der Waals surface area contributed by atoms with Crippen LogP contribution >= 0.6 is 58.2 Å². The van der Waals surface area contributed by atoms with Crippen molar-refractivity contribution in [3.8, 4) is 0 Å². The number of nitrogens with one attached hydrogen (secondary N) is 1. The summed E-state index contributed by atoms with van der Waals surface area (Å²) in [6.45, 7) is 0. The molecule has 1 aliphatic rings. The number of carboxylic acids is 1. The van der Waals surface area contributed by atoms with Crippen molar-refractivity contribution in [1.29, 1.82) is 0 Å². The maximum atomic E-state index is 12.8. The molecular weight excluding hydrogens is 558 g/mol. The van der Waals surface area contributed by atoms with Crippen LogP contribution in [0.15, 0.2) is 53.4 Å². The van der Waals surface area contributed by atoms with E-state index in [1.165, 1.54) is 11.8 Å². The van der Waals surface area contributed by atoms with Crippen LogP contribution in [0.2, 0.25) is 20.1 Å². The second kappa shape index (κ2) is 10.1. The van der Waals surface area contributed by atoms with Gasteiger partial charge in [0.1, 0.15) is 0 Å². The second-order valence-electron chi connectivity index (χ2n) is 7.15. The fourth-order valence-corrected chi connectivity index (χ4v) is 5.23. The Morgan fingerprint density at radius 1 is 0.800 bits per heavy atom. The van der Waals surface area contributed by atoms with Gasteiger partial charge in [-0.15, -0.1) is 11.8 Å². The summed E-state index contributed by atoms with van der Waals surface area (Å²) in [6.07, 6.45) is 0. The minimum atomic E-state index is -1.50. The molecule has 0 unspecified atom stereocenters. The minimum Gasteiger partial charge on any atom is -0.478 e. The Balaban J connectivity index is 1.47. The summed E-state index contributed by atoms with van der Waals surface area (Å²) < 4.78 is 0. The van der Waals surface area contributed by atoms with Crippen molar-refractivity contribution in [2.45, 2.75) is 4.90 Å². The number of benzene rings is 3. The molecule has 4 rings (SSSR count). The van der Waals surface area contributed by atoms with Crippen LogP contribution in [-0.2, 0) is 0 Å². The topological polar surface area (TPSA) is 104 Å². The molecule has 3 amide bonds. The van der Waals surface area contributed by atoms with Gasteiger partial charge < -0.3 is 10.4 Å². The van der Waals surface area contributed by atoms with E-state index < -0.39 is 28.0 Å². The lowest BCUT2D eigenvalue weighted by atomic mass is 10.1. The third-order valence-electron chi connectivity index (χ3n) is 5.06. The summed E-state index contributed by atoms with van der Waals surface area (Å²) in [5.74, 6) is -2.95. The summed E-state index contributed by atoms with van der Waals surface area (Å²) in [5.41, 5.74) is 0.0740. The van der Waals surface area contributed by atoms with E-state index in [4.69, 9.17) is 46.4 Å². The Kier molecular flexibility index (Phi) is 7.30. The van der Waals surface area contributed by atoms with Crippen molar-refractivity contribution in [3.05, 3.63) is 90.9 Å². The molecule has 0 atom stereocenters. The summed E-state index contributed by atoms with van der Waals surface area (Å²) >= 11 is 25.3. The predicted molar refractivity (Wildman–Crippen MR) is 136 cm³/mol. The maximum absolute atomic E-state index is 12.8. The van der Waals surface area contributed by atoms with Gasteiger partial charge in [-0.05, 0) is 36.4 Å². The zero-order chi connectivity index (χ0) is 25.4. The number of thioether (sulfide) groups is 1. The zero-order valence-corrected chi connectivity index (χ0v) is 21.1. The van der Waals surface area contributed by atoms with Gasteiger partial charge in [0.05, 0.1) is 48.2 Å². The number of halogens is 4. The first-order valence-corrected chi connectivity index (χ1v) is 12.2. The van der Waals surface area contributed by atoms with Crippen molar-refractivity contribution in [1.82, 2.24) is 4.90 Å². The molecule has 1 aliphatic heterocycles. The standard InChI is InChI=1S/C23H12Cl4N2O5S/c24-16-14(15(23(33)34)17(25)19(27)18(16)26)20(30)28-10-5-7-11(8-6-10)35-9-29-21(31)12-3-1-2-4-13(12)22(29)32/h1-8H,9H2,(H,28,30)(H,33,34). The fourth-order valence-electron chi connectivity index (χ4n) is 3.37. The number of carboxylic acid groups (broad SMARTS) is 1. The lowest BCUT2D eigenvalue weighted by Gasteiger charge is -2.15. The number of aromatic carboxylic acids is 1. The second-order valence-corrected chi connectivity index (χ2v) is 9.68. The number of carbonyl (C=O) groups excluding carboxylic acids is 3. The Morgan fingerprint density at radius 3 is 1.83 bits per heavy atom. The van der Waals surface area contributed by atoms with Gasteiger partial charge in [0.2, 0.25) is 0 Å². The number of anilines is 1. The van der Waals surface area contributed by atoms with Crippen molar-refractivity contribution < 1.29 is 24.3 Å². The lowest BCUT2D eigenvalue weighted by Crippen LogP contribution is -2.29. The normalized spacial score (nSPS) is 12.6. The van der Waals surface area contributed by atoms with E-state index >= 15 is 0 Å². The van der Waals surface area contributed by atoms with Crippen LogP contribution in [0.1, 0.15) is 41.4 Å². The molecule has 3 aromatic carbocycles. The summed E-state index contributed by atoms with van der Waals surface area (Å²) in [7, 11) is 0. The molecule has 0 aromatic heterocycles. The Bertz CT molecular complexity index is 1380. The largest absolute Gasteiger partial charge is 0.478 e. The Hall–Kier alpha value is -2.75. The van der Waals surface area contributed by atoms with Crippen LogP contribution in [0.25, 0.3) is 0 Å². The quantitative estimate of drug-likeness (QED) is 0.150. The highest BCUT2D eigenvalue weighted by molar-refractivity contribution is 7.99. The van der Waals surface area contributed by atoms with Gasteiger partial charge in [0.25, 0.3) is 17.7 Å². The summed E-state index contributed by atoms with van der Waals surface area (Å²) in [5, 5.41) is 10.8. The Labute approximate surface area is 222 Å². The molecule has 0 bridgehead atoms. The molecule has 0 spiro atoms. The highest BCUT2D eigenvalue weighted by Crippen LogP contribution is 2.42. The molecule has 1 heterocycles. The van der Waals surface area contributed by atoms with Crippen molar-refractivity contribution in [2.75, 3.05) is 11.2 Å². The average molecular weight is 570 g/mol. The van der Waals surface area contributed by atoms with Crippen LogP contribution in [0.3, 0.4) is 0 Å².